The van der Waals surface area contributed by atoms with Gasteiger partial charge in [-0.2, -0.15) is 0 Å². The van der Waals surface area contributed by atoms with Crippen molar-refractivity contribution in [1.82, 2.24) is 14.8 Å². The molecule has 142 valence electrons. The maximum absolute atomic E-state index is 13.1. The Morgan fingerprint density at radius 1 is 0.963 bits per heavy atom. The third-order valence-electron chi connectivity index (χ3n) is 5.11. The zero-order valence-electron chi connectivity index (χ0n) is 16.3. The van der Waals surface area contributed by atoms with Gasteiger partial charge in [-0.1, -0.05) is 32.0 Å². The average Bonchev–Trinajstić information content (AvgIpc) is 2.94. The van der Waals surface area contributed by atoms with Crippen molar-refractivity contribution < 1.29 is 9.59 Å². The molecule has 2 amide bonds. The fourth-order valence-electron chi connectivity index (χ4n) is 3.37. The van der Waals surface area contributed by atoms with Gasteiger partial charge in [0.15, 0.2) is 0 Å². The lowest BCUT2D eigenvalue weighted by molar-refractivity contribution is 0.0715. The van der Waals surface area contributed by atoms with Crippen LogP contribution in [-0.4, -0.2) is 52.8 Å². The highest BCUT2D eigenvalue weighted by Gasteiger charge is 2.25. The lowest BCUT2D eigenvalue weighted by atomic mass is 9.97. The summed E-state index contributed by atoms with van der Waals surface area (Å²) in [4.78, 5) is 33.6. The lowest BCUT2D eigenvalue weighted by Crippen LogP contribution is -2.37. The van der Waals surface area contributed by atoms with Crippen LogP contribution in [0.1, 0.15) is 58.2 Å². The number of nitrogens with zero attached hydrogens (tertiary/aromatic N) is 3. The minimum absolute atomic E-state index is 0.0575. The fraction of sp³-hybridized carbons (Fsp3) is 0.409. The van der Waals surface area contributed by atoms with E-state index in [4.69, 9.17) is 0 Å². The molecule has 27 heavy (non-hydrogen) atoms. The van der Waals surface area contributed by atoms with Gasteiger partial charge in [-0.05, 0) is 48.6 Å². The molecule has 0 N–H and O–H groups in total. The smallest absolute Gasteiger partial charge is 0.272 e. The van der Waals surface area contributed by atoms with Crippen LogP contribution < -0.4 is 0 Å². The van der Waals surface area contributed by atoms with Crippen molar-refractivity contribution in [3.63, 3.8) is 0 Å². The number of carbonyl (C=O) groups excluding carboxylic acids is 2. The summed E-state index contributed by atoms with van der Waals surface area (Å²) in [5.74, 6) is 0.373. The summed E-state index contributed by atoms with van der Waals surface area (Å²) in [6.45, 7) is 8.62. The number of amides is 2. The summed E-state index contributed by atoms with van der Waals surface area (Å²) in [6, 6.07) is 11.5. The van der Waals surface area contributed by atoms with Gasteiger partial charge in [0, 0.05) is 37.9 Å². The van der Waals surface area contributed by atoms with E-state index in [1.807, 2.05) is 30.0 Å². The Bertz CT molecular complexity index is 818. The van der Waals surface area contributed by atoms with E-state index in [0.29, 0.717) is 37.8 Å². The van der Waals surface area contributed by atoms with Crippen LogP contribution in [0.5, 0.6) is 0 Å². The summed E-state index contributed by atoms with van der Waals surface area (Å²) in [7, 11) is 0. The Morgan fingerprint density at radius 3 is 2.30 bits per heavy atom. The predicted molar refractivity (Wildman–Crippen MR) is 106 cm³/mol. The molecule has 5 heteroatoms. The summed E-state index contributed by atoms with van der Waals surface area (Å²) in [6.07, 6.45) is 2.40. The zero-order valence-corrected chi connectivity index (χ0v) is 16.3. The number of carbonyl (C=O) groups is 2. The predicted octanol–water partition coefficient (Wildman–Crippen LogP) is 3.50. The molecular formula is C22H27N3O2. The number of hydrogen-bond acceptors (Lipinski definition) is 3. The van der Waals surface area contributed by atoms with E-state index in [1.54, 1.807) is 23.2 Å². The molecule has 0 unspecified atom stereocenters. The van der Waals surface area contributed by atoms with Crippen LogP contribution >= 0.6 is 0 Å². The van der Waals surface area contributed by atoms with E-state index in [2.05, 4.69) is 24.9 Å². The molecular weight excluding hydrogens is 338 g/mol. The standard InChI is InChI=1S/C22H27N3O2/c1-16(2)18-9-8-17(3)19(15-18)21(26)24-11-6-12-25(14-13-24)22(27)20-7-4-5-10-23-20/h4-5,7-10,15-16H,6,11-14H2,1-3H3. The molecule has 0 saturated carbocycles. The second-order valence-corrected chi connectivity index (χ2v) is 7.38. The topological polar surface area (TPSA) is 53.5 Å². The average molecular weight is 365 g/mol. The van der Waals surface area contributed by atoms with Gasteiger partial charge in [0.25, 0.3) is 11.8 Å². The molecule has 0 atom stereocenters. The molecule has 1 saturated heterocycles. The molecule has 0 spiro atoms. The molecule has 2 aromatic rings. The van der Waals surface area contributed by atoms with Crippen molar-refractivity contribution in [2.45, 2.75) is 33.1 Å². The van der Waals surface area contributed by atoms with E-state index in [9.17, 15) is 9.59 Å². The number of pyridine rings is 1. The Labute approximate surface area is 161 Å². The van der Waals surface area contributed by atoms with E-state index >= 15 is 0 Å². The van der Waals surface area contributed by atoms with Gasteiger partial charge in [-0.3, -0.25) is 14.6 Å². The summed E-state index contributed by atoms with van der Waals surface area (Å²) in [5.41, 5.74) is 3.39. The van der Waals surface area contributed by atoms with Crippen molar-refractivity contribution >= 4 is 11.8 Å². The maximum atomic E-state index is 13.1. The van der Waals surface area contributed by atoms with E-state index in [0.717, 1.165) is 17.5 Å². The van der Waals surface area contributed by atoms with Crippen LogP contribution in [0.4, 0.5) is 0 Å². The van der Waals surface area contributed by atoms with Crippen LogP contribution in [0.2, 0.25) is 0 Å². The van der Waals surface area contributed by atoms with Gasteiger partial charge in [-0.25, -0.2) is 0 Å². The Morgan fingerprint density at radius 2 is 1.67 bits per heavy atom. The van der Waals surface area contributed by atoms with Gasteiger partial charge in [0.1, 0.15) is 5.69 Å². The van der Waals surface area contributed by atoms with Crippen LogP contribution in [0, 0.1) is 6.92 Å². The molecule has 0 bridgehead atoms. The Balaban J connectivity index is 1.72. The number of rotatable bonds is 3. The van der Waals surface area contributed by atoms with E-state index in [1.165, 1.54) is 5.56 Å². The van der Waals surface area contributed by atoms with E-state index < -0.39 is 0 Å². The monoisotopic (exact) mass is 365 g/mol. The minimum Gasteiger partial charge on any atom is -0.337 e. The van der Waals surface area contributed by atoms with E-state index in [-0.39, 0.29) is 11.8 Å². The van der Waals surface area contributed by atoms with Gasteiger partial charge in [0.05, 0.1) is 0 Å². The van der Waals surface area contributed by atoms with Crippen molar-refractivity contribution in [1.29, 1.82) is 0 Å². The molecule has 0 radical (unpaired) electrons. The van der Waals surface area contributed by atoms with Crippen LogP contribution in [0.25, 0.3) is 0 Å². The lowest BCUT2D eigenvalue weighted by Gasteiger charge is -2.23. The largest absolute Gasteiger partial charge is 0.337 e. The second kappa shape index (κ2) is 8.33. The summed E-state index contributed by atoms with van der Waals surface area (Å²) < 4.78 is 0. The zero-order chi connectivity index (χ0) is 19.4. The second-order valence-electron chi connectivity index (χ2n) is 7.38. The molecule has 1 fully saturated rings. The SMILES string of the molecule is Cc1ccc(C(C)C)cc1C(=O)N1CCCN(C(=O)c2ccccn2)CC1. The highest BCUT2D eigenvalue weighted by atomic mass is 16.2. The van der Waals surface area contributed by atoms with Crippen LogP contribution in [-0.2, 0) is 0 Å². The van der Waals surface area contributed by atoms with Crippen LogP contribution in [0.3, 0.4) is 0 Å². The molecule has 1 aromatic carbocycles. The Kier molecular flexibility index (Phi) is 5.89. The molecule has 5 nitrogen and oxygen atoms in total. The first-order chi connectivity index (χ1) is 13.0. The summed E-state index contributed by atoms with van der Waals surface area (Å²) >= 11 is 0. The first-order valence-corrected chi connectivity index (χ1v) is 9.57. The summed E-state index contributed by atoms with van der Waals surface area (Å²) in [5, 5.41) is 0. The van der Waals surface area contributed by atoms with Crippen molar-refractivity contribution in [3.8, 4) is 0 Å². The molecule has 1 aliphatic heterocycles. The number of benzene rings is 1. The normalized spacial score (nSPS) is 15.0. The number of hydrogen-bond donors (Lipinski definition) is 0. The number of aryl methyl sites for hydroxylation is 1. The van der Waals surface area contributed by atoms with Crippen molar-refractivity contribution in [2.24, 2.45) is 0 Å². The van der Waals surface area contributed by atoms with Gasteiger partial charge >= 0.3 is 0 Å². The third kappa shape index (κ3) is 4.35. The Hall–Kier alpha value is -2.69. The molecule has 0 aliphatic carbocycles. The highest BCUT2D eigenvalue weighted by Crippen LogP contribution is 2.21. The fourth-order valence-corrected chi connectivity index (χ4v) is 3.37. The molecule has 2 heterocycles. The van der Waals surface area contributed by atoms with Gasteiger partial charge in [0.2, 0.25) is 0 Å². The van der Waals surface area contributed by atoms with Crippen LogP contribution in [0.15, 0.2) is 42.6 Å². The van der Waals surface area contributed by atoms with Gasteiger partial charge < -0.3 is 9.80 Å². The maximum Gasteiger partial charge on any atom is 0.272 e. The van der Waals surface area contributed by atoms with Crippen molar-refractivity contribution in [2.75, 3.05) is 26.2 Å². The molecule has 1 aromatic heterocycles. The highest BCUT2D eigenvalue weighted by molar-refractivity contribution is 5.96. The molecule has 1 aliphatic rings. The van der Waals surface area contributed by atoms with Crippen molar-refractivity contribution in [3.05, 3.63) is 65.0 Å². The third-order valence-corrected chi connectivity index (χ3v) is 5.11. The minimum atomic E-state index is -0.0668. The first-order valence-electron chi connectivity index (χ1n) is 9.57. The molecule has 3 rings (SSSR count). The number of aromatic nitrogens is 1. The quantitative estimate of drug-likeness (QED) is 0.836. The first kappa shape index (κ1) is 19.1. The van der Waals surface area contributed by atoms with Gasteiger partial charge in [-0.15, -0.1) is 0 Å².